The molecule has 2 unspecified atom stereocenters. The average molecular weight is 304 g/mol. The second-order valence-corrected chi connectivity index (χ2v) is 3.35. The number of hydrogen-bond acceptors (Lipinski definition) is 4. The zero-order valence-corrected chi connectivity index (χ0v) is 15.7. The molecule has 2 aliphatic heterocycles. The average Bonchev–Trinajstić information content (AvgIpc) is 2.92. The molecule has 2 fully saturated rings. The molecule has 0 aromatic carbocycles. The van der Waals surface area contributed by atoms with Gasteiger partial charge in [-0.1, -0.05) is 68.5 Å². The number of nitrogens with two attached hydrogens (primary N) is 1. The van der Waals surface area contributed by atoms with Crippen LogP contribution in [0.2, 0.25) is 0 Å². The van der Waals surface area contributed by atoms with Gasteiger partial charge in [-0.3, -0.25) is 0 Å². The number of fused-ring (bicyclic) bond motifs is 1. The number of allylic oxidation sites excluding steroid dienone is 1. The number of piperidine rings is 1. The Labute approximate surface area is 133 Å². The van der Waals surface area contributed by atoms with E-state index in [2.05, 4.69) is 29.7 Å². The van der Waals surface area contributed by atoms with Gasteiger partial charge in [-0.05, 0) is 18.5 Å². The third-order valence-corrected chi connectivity index (χ3v) is 2.68. The van der Waals surface area contributed by atoms with Crippen LogP contribution in [-0.2, 0) is 0 Å². The van der Waals surface area contributed by atoms with E-state index < -0.39 is 0 Å². The minimum Gasteiger partial charge on any atom is -0.382 e. The SMILES string of the molecule is C=C1NC2CCNCC2C1=C.CC.CC.CC.CC.NO. The Kier molecular flexibility index (Phi) is 32.7. The van der Waals surface area contributed by atoms with Crippen LogP contribution in [-0.4, -0.2) is 24.3 Å². The zero-order valence-electron chi connectivity index (χ0n) is 15.7. The highest BCUT2D eigenvalue weighted by Crippen LogP contribution is 2.29. The monoisotopic (exact) mass is 303 g/mol. The molecule has 0 spiro atoms. The zero-order chi connectivity index (χ0) is 17.8. The molecular weight excluding hydrogens is 262 g/mol. The molecule has 0 radical (unpaired) electrons. The molecule has 2 heterocycles. The highest BCUT2D eigenvalue weighted by atomic mass is 16.4. The molecule has 130 valence electrons. The van der Waals surface area contributed by atoms with Crippen molar-refractivity contribution in [2.75, 3.05) is 13.1 Å². The van der Waals surface area contributed by atoms with E-state index in [9.17, 15) is 0 Å². The maximum atomic E-state index is 6.50. The number of rotatable bonds is 0. The minimum atomic E-state index is 0.594. The summed E-state index contributed by atoms with van der Waals surface area (Å²) in [4.78, 5) is 0. The quantitative estimate of drug-likeness (QED) is 0.509. The molecule has 0 bridgehead atoms. The van der Waals surface area contributed by atoms with Crippen LogP contribution in [0.4, 0.5) is 0 Å². The van der Waals surface area contributed by atoms with Crippen LogP contribution in [0, 0.1) is 5.92 Å². The van der Waals surface area contributed by atoms with E-state index in [1.165, 1.54) is 12.0 Å². The van der Waals surface area contributed by atoms with Crippen LogP contribution in [0.1, 0.15) is 61.8 Å². The first-order valence-electron chi connectivity index (χ1n) is 8.40. The lowest BCUT2D eigenvalue weighted by Crippen LogP contribution is -2.41. The molecule has 0 saturated carbocycles. The fraction of sp³-hybridized carbons (Fsp3) is 0.765. The summed E-state index contributed by atoms with van der Waals surface area (Å²) in [5, 5.41) is 13.2. The predicted molar refractivity (Wildman–Crippen MR) is 97.5 cm³/mol. The maximum Gasteiger partial charge on any atom is 0.0354 e. The summed E-state index contributed by atoms with van der Waals surface area (Å²) in [6.45, 7) is 26.1. The van der Waals surface area contributed by atoms with Gasteiger partial charge in [-0.2, -0.15) is 0 Å². The molecule has 2 rings (SSSR count). The molecule has 21 heavy (non-hydrogen) atoms. The second-order valence-electron chi connectivity index (χ2n) is 3.35. The molecule has 5 N–H and O–H groups in total. The fourth-order valence-corrected chi connectivity index (χ4v) is 1.94. The lowest BCUT2D eigenvalue weighted by atomic mass is 9.91. The molecule has 2 aliphatic rings. The lowest BCUT2D eigenvalue weighted by Gasteiger charge is -2.25. The molecule has 0 aromatic rings. The Bertz CT molecular complexity index is 218. The maximum absolute atomic E-state index is 6.50. The molecule has 2 saturated heterocycles. The summed E-state index contributed by atoms with van der Waals surface area (Å²) < 4.78 is 0. The van der Waals surface area contributed by atoms with E-state index >= 15 is 0 Å². The topological polar surface area (TPSA) is 70.3 Å². The van der Waals surface area contributed by atoms with Crippen molar-refractivity contribution in [3.63, 3.8) is 0 Å². The van der Waals surface area contributed by atoms with Gasteiger partial charge in [-0.25, -0.2) is 5.90 Å². The summed E-state index contributed by atoms with van der Waals surface area (Å²) in [6, 6.07) is 0.608. The van der Waals surface area contributed by atoms with Crippen molar-refractivity contribution in [3.05, 3.63) is 24.4 Å². The van der Waals surface area contributed by atoms with E-state index in [1.54, 1.807) is 0 Å². The largest absolute Gasteiger partial charge is 0.382 e. The van der Waals surface area contributed by atoms with Crippen molar-refractivity contribution in [3.8, 4) is 0 Å². The smallest absolute Gasteiger partial charge is 0.0354 e. The van der Waals surface area contributed by atoms with Crippen molar-refractivity contribution >= 4 is 0 Å². The molecular formula is C17H41N3O. The van der Waals surface area contributed by atoms with E-state index in [4.69, 9.17) is 5.21 Å². The van der Waals surface area contributed by atoms with Gasteiger partial charge < -0.3 is 15.8 Å². The van der Waals surface area contributed by atoms with Crippen molar-refractivity contribution < 1.29 is 5.21 Å². The Morgan fingerprint density at radius 2 is 1.38 bits per heavy atom. The van der Waals surface area contributed by atoms with Crippen LogP contribution in [0.3, 0.4) is 0 Å². The first-order valence-corrected chi connectivity index (χ1v) is 8.40. The normalized spacial score (nSPS) is 20.7. The Balaban J connectivity index is -0.000000124. The second kappa shape index (κ2) is 24.2. The van der Waals surface area contributed by atoms with Crippen molar-refractivity contribution in [2.45, 2.75) is 67.9 Å². The molecule has 0 aliphatic carbocycles. The van der Waals surface area contributed by atoms with Gasteiger partial charge in [0.2, 0.25) is 0 Å². The number of nitrogens with one attached hydrogen (secondary N) is 2. The Morgan fingerprint density at radius 3 is 1.76 bits per heavy atom. The van der Waals surface area contributed by atoms with Crippen molar-refractivity contribution in [2.24, 2.45) is 11.8 Å². The van der Waals surface area contributed by atoms with Gasteiger partial charge in [0.15, 0.2) is 0 Å². The van der Waals surface area contributed by atoms with E-state index in [0.717, 1.165) is 18.8 Å². The highest BCUT2D eigenvalue weighted by Gasteiger charge is 2.33. The summed E-state index contributed by atoms with van der Waals surface area (Å²) in [5.74, 6) is 4.09. The van der Waals surface area contributed by atoms with Gasteiger partial charge in [0, 0.05) is 24.2 Å². The predicted octanol–water partition coefficient (Wildman–Crippen LogP) is 4.08. The minimum absolute atomic E-state index is 0.594. The molecule has 0 aromatic heterocycles. The molecule has 4 heteroatoms. The van der Waals surface area contributed by atoms with Gasteiger partial charge in [0.1, 0.15) is 0 Å². The summed E-state index contributed by atoms with van der Waals surface area (Å²) >= 11 is 0. The van der Waals surface area contributed by atoms with Crippen molar-refractivity contribution in [1.29, 1.82) is 0 Å². The molecule has 0 amide bonds. The van der Waals surface area contributed by atoms with Crippen LogP contribution in [0.15, 0.2) is 24.4 Å². The summed E-state index contributed by atoms with van der Waals surface area (Å²) in [5.41, 5.74) is 2.24. The van der Waals surface area contributed by atoms with Gasteiger partial charge >= 0.3 is 0 Å². The van der Waals surface area contributed by atoms with Crippen LogP contribution >= 0.6 is 0 Å². The van der Waals surface area contributed by atoms with Crippen molar-refractivity contribution in [1.82, 2.24) is 10.6 Å². The standard InChI is InChI=1S/C9H14N2.4C2H6.H3NO/c1-6-7(2)11-9-3-4-10-5-8(6)9;5*1-2/h8-11H,1-5H2;4*1-2H3;2H,1H2. The first kappa shape index (κ1) is 28.3. The molecule has 2 atom stereocenters. The van der Waals surface area contributed by atoms with Gasteiger partial charge in [-0.15, -0.1) is 0 Å². The van der Waals surface area contributed by atoms with E-state index in [-0.39, 0.29) is 0 Å². The number of hydrogen-bond donors (Lipinski definition) is 4. The van der Waals surface area contributed by atoms with Crippen LogP contribution in [0.25, 0.3) is 0 Å². The lowest BCUT2D eigenvalue weighted by molar-refractivity contribution is 0.311. The van der Waals surface area contributed by atoms with Gasteiger partial charge in [0.25, 0.3) is 0 Å². The third kappa shape index (κ3) is 11.5. The summed E-state index contributed by atoms with van der Waals surface area (Å²) in [6.07, 6.45) is 1.20. The third-order valence-electron chi connectivity index (χ3n) is 2.68. The Hall–Kier alpha value is -0.840. The summed E-state index contributed by atoms with van der Waals surface area (Å²) in [7, 11) is 0. The first-order chi connectivity index (χ1) is 10.3. The van der Waals surface area contributed by atoms with E-state index in [0.29, 0.717) is 12.0 Å². The fourth-order valence-electron chi connectivity index (χ4n) is 1.94. The molecule has 4 nitrogen and oxygen atoms in total. The van der Waals surface area contributed by atoms with Gasteiger partial charge in [0.05, 0.1) is 0 Å². The van der Waals surface area contributed by atoms with Crippen LogP contribution in [0.5, 0.6) is 0 Å². The highest BCUT2D eigenvalue weighted by molar-refractivity contribution is 5.34. The van der Waals surface area contributed by atoms with Crippen LogP contribution < -0.4 is 16.5 Å². The Morgan fingerprint density at radius 1 is 0.952 bits per heavy atom. The van der Waals surface area contributed by atoms with E-state index in [1.807, 2.05) is 55.4 Å².